The Morgan fingerprint density at radius 2 is 1.60 bits per heavy atom. The number of carbonyl (C=O) groups excluding carboxylic acids is 2. The Hall–Kier alpha value is -3.82. The van der Waals surface area contributed by atoms with Crippen LogP contribution in [0.2, 0.25) is 0 Å². The van der Waals surface area contributed by atoms with Crippen molar-refractivity contribution >= 4 is 33.7 Å². The number of nitrogens with zero attached hydrogens (tertiary/aromatic N) is 2. The number of sulfonamides is 1. The molecule has 3 aromatic carbocycles. The summed E-state index contributed by atoms with van der Waals surface area (Å²) in [6.07, 6.45) is 1.94. The van der Waals surface area contributed by atoms with E-state index in [-0.39, 0.29) is 17.3 Å². The van der Waals surface area contributed by atoms with E-state index in [0.717, 1.165) is 21.0 Å². The van der Waals surface area contributed by atoms with Crippen molar-refractivity contribution in [3.05, 3.63) is 95.6 Å². The second-order valence-electron chi connectivity index (χ2n) is 7.98. The van der Waals surface area contributed by atoms with Crippen LogP contribution in [0.25, 0.3) is 0 Å². The number of benzene rings is 3. The average molecular weight is 493 g/mol. The summed E-state index contributed by atoms with van der Waals surface area (Å²) in [5.41, 5.74) is 5.75. The fraction of sp³-hybridized carbons (Fsp3) is 0.192. The van der Waals surface area contributed by atoms with Crippen LogP contribution in [0.5, 0.6) is 0 Å². The zero-order chi connectivity index (χ0) is 25.3. The zero-order valence-electron chi connectivity index (χ0n) is 19.6. The summed E-state index contributed by atoms with van der Waals surface area (Å²) < 4.78 is 27.9. The number of hydrogen-bond donors (Lipinski definition) is 2. The first-order valence-corrected chi connectivity index (χ1v) is 12.5. The van der Waals surface area contributed by atoms with Crippen molar-refractivity contribution in [2.45, 2.75) is 25.2 Å². The summed E-state index contributed by atoms with van der Waals surface area (Å²) in [7, 11) is -3.99. The lowest BCUT2D eigenvalue weighted by Gasteiger charge is -2.21. The SMILES string of the molecule is CC(=O)Nc1ccc(S(=O)(=O)N(CCc2ccccc2)CC(=O)N/N=C\c2ccc(C)cc2)cc1. The van der Waals surface area contributed by atoms with Gasteiger partial charge in [-0.25, -0.2) is 13.8 Å². The van der Waals surface area contributed by atoms with Crippen molar-refractivity contribution in [3.63, 3.8) is 0 Å². The summed E-state index contributed by atoms with van der Waals surface area (Å²) in [6, 6.07) is 22.9. The Bertz CT molecular complexity index is 1270. The monoisotopic (exact) mass is 492 g/mol. The van der Waals surface area contributed by atoms with E-state index in [4.69, 9.17) is 0 Å². The van der Waals surface area contributed by atoms with Crippen molar-refractivity contribution in [1.29, 1.82) is 0 Å². The molecule has 0 unspecified atom stereocenters. The van der Waals surface area contributed by atoms with Crippen LogP contribution in [-0.2, 0) is 26.0 Å². The van der Waals surface area contributed by atoms with Gasteiger partial charge in [0.2, 0.25) is 15.9 Å². The lowest BCUT2D eigenvalue weighted by molar-refractivity contribution is -0.121. The van der Waals surface area contributed by atoms with E-state index in [1.807, 2.05) is 61.5 Å². The van der Waals surface area contributed by atoms with Gasteiger partial charge in [0, 0.05) is 19.2 Å². The molecule has 0 aliphatic heterocycles. The summed E-state index contributed by atoms with van der Waals surface area (Å²) in [5, 5.41) is 6.55. The van der Waals surface area contributed by atoms with Gasteiger partial charge in [-0.05, 0) is 48.7 Å². The normalized spacial score (nSPS) is 11.5. The molecule has 3 aromatic rings. The van der Waals surface area contributed by atoms with E-state index < -0.39 is 22.5 Å². The maximum atomic E-state index is 13.4. The molecule has 35 heavy (non-hydrogen) atoms. The molecule has 2 N–H and O–H groups in total. The van der Waals surface area contributed by atoms with Crippen molar-refractivity contribution < 1.29 is 18.0 Å². The highest BCUT2D eigenvalue weighted by atomic mass is 32.2. The Labute approximate surface area is 205 Å². The van der Waals surface area contributed by atoms with Crippen LogP contribution in [-0.4, -0.2) is 43.8 Å². The predicted octanol–water partition coefficient (Wildman–Crippen LogP) is 3.34. The van der Waals surface area contributed by atoms with Crippen molar-refractivity contribution in [2.75, 3.05) is 18.4 Å². The Morgan fingerprint density at radius 1 is 0.943 bits per heavy atom. The number of nitrogens with one attached hydrogen (secondary N) is 2. The minimum Gasteiger partial charge on any atom is -0.326 e. The molecule has 0 saturated heterocycles. The summed E-state index contributed by atoms with van der Waals surface area (Å²) in [4.78, 5) is 23.9. The fourth-order valence-electron chi connectivity index (χ4n) is 3.27. The highest BCUT2D eigenvalue weighted by Gasteiger charge is 2.26. The van der Waals surface area contributed by atoms with Gasteiger partial charge in [-0.3, -0.25) is 9.59 Å². The molecule has 182 valence electrons. The Morgan fingerprint density at radius 3 is 2.23 bits per heavy atom. The summed E-state index contributed by atoms with van der Waals surface area (Å²) >= 11 is 0. The highest BCUT2D eigenvalue weighted by Crippen LogP contribution is 2.19. The molecule has 0 atom stereocenters. The van der Waals surface area contributed by atoms with E-state index >= 15 is 0 Å². The minimum absolute atomic E-state index is 0.0237. The molecule has 0 bridgehead atoms. The Kier molecular flexibility index (Phi) is 8.88. The maximum Gasteiger partial charge on any atom is 0.255 e. The number of anilines is 1. The van der Waals surface area contributed by atoms with E-state index in [2.05, 4.69) is 15.8 Å². The smallest absolute Gasteiger partial charge is 0.255 e. The first kappa shape index (κ1) is 25.8. The van der Waals surface area contributed by atoms with Crippen LogP contribution in [0.3, 0.4) is 0 Å². The van der Waals surface area contributed by atoms with Crippen LogP contribution in [0.1, 0.15) is 23.6 Å². The van der Waals surface area contributed by atoms with Gasteiger partial charge in [-0.2, -0.15) is 9.41 Å². The second-order valence-corrected chi connectivity index (χ2v) is 9.92. The average Bonchev–Trinajstić information content (AvgIpc) is 2.83. The quantitative estimate of drug-likeness (QED) is 0.334. The number of hydrazone groups is 1. The molecule has 8 nitrogen and oxygen atoms in total. The molecule has 0 fully saturated rings. The Balaban J connectivity index is 1.74. The van der Waals surface area contributed by atoms with Crippen molar-refractivity contribution in [2.24, 2.45) is 5.10 Å². The maximum absolute atomic E-state index is 13.4. The van der Waals surface area contributed by atoms with E-state index in [1.54, 1.807) is 0 Å². The van der Waals surface area contributed by atoms with Gasteiger partial charge in [-0.15, -0.1) is 0 Å². The van der Waals surface area contributed by atoms with E-state index in [9.17, 15) is 18.0 Å². The van der Waals surface area contributed by atoms with Gasteiger partial charge in [0.25, 0.3) is 5.91 Å². The molecule has 0 aliphatic rings. The largest absolute Gasteiger partial charge is 0.326 e. The standard InChI is InChI=1S/C26H28N4O4S/c1-20-8-10-23(11-9-20)18-27-29-26(32)19-30(17-16-22-6-4-3-5-7-22)35(33,34)25-14-12-24(13-15-25)28-21(2)31/h3-15,18H,16-17,19H2,1-2H3,(H,28,31)(H,29,32)/b27-18-. The first-order chi connectivity index (χ1) is 16.7. The third kappa shape index (κ3) is 7.87. The molecule has 0 saturated carbocycles. The van der Waals surface area contributed by atoms with Gasteiger partial charge < -0.3 is 5.32 Å². The van der Waals surface area contributed by atoms with E-state index in [0.29, 0.717) is 12.1 Å². The second kappa shape index (κ2) is 12.0. The molecule has 0 aliphatic carbocycles. The number of rotatable bonds is 10. The topological polar surface area (TPSA) is 108 Å². The summed E-state index contributed by atoms with van der Waals surface area (Å²) in [5.74, 6) is -0.812. The predicted molar refractivity (Wildman–Crippen MR) is 137 cm³/mol. The van der Waals surface area contributed by atoms with Gasteiger partial charge in [0.15, 0.2) is 0 Å². The molecule has 3 rings (SSSR count). The van der Waals surface area contributed by atoms with Gasteiger partial charge >= 0.3 is 0 Å². The molecule has 0 aromatic heterocycles. The molecule has 0 spiro atoms. The molecule has 0 heterocycles. The van der Waals surface area contributed by atoms with Gasteiger partial charge in [-0.1, -0.05) is 60.2 Å². The molecular weight excluding hydrogens is 464 g/mol. The van der Waals surface area contributed by atoms with Gasteiger partial charge in [0.1, 0.15) is 0 Å². The number of hydrogen-bond acceptors (Lipinski definition) is 5. The van der Waals surface area contributed by atoms with Crippen molar-refractivity contribution in [1.82, 2.24) is 9.73 Å². The number of carbonyl (C=O) groups is 2. The number of aryl methyl sites for hydroxylation is 1. The van der Waals surface area contributed by atoms with Crippen LogP contribution in [0, 0.1) is 6.92 Å². The third-order valence-corrected chi connectivity index (χ3v) is 6.96. The lowest BCUT2D eigenvalue weighted by atomic mass is 10.1. The van der Waals surface area contributed by atoms with Crippen molar-refractivity contribution in [3.8, 4) is 0 Å². The molecule has 9 heteroatoms. The zero-order valence-corrected chi connectivity index (χ0v) is 20.5. The molecule has 0 radical (unpaired) electrons. The lowest BCUT2D eigenvalue weighted by Crippen LogP contribution is -2.40. The molecular formula is C26H28N4O4S. The fourth-order valence-corrected chi connectivity index (χ4v) is 4.67. The first-order valence-electron chi connectivity index (χ1n) is 11.0. The van der Waals surface area contributed by atoms with Crippen LogP contribution in [0.15, 0.2) is 88.9 Å². The van der Waals surface area contributed by atoms with Crippen LogP contribution < -0.4 is 10.7 Å². The summed E-state index contributed by atoms with van der Waals surface area (Å²) in [6.45, 7) is 3.05. The highest BCUT2D eigenvalue weighted by molar-refractivity contribution is 7.89. The number of amides is 2. The third-order valence-electron chi connectivity index (χ3n) is 5.11. The van der Waals surface area contributed by atoms with Gasteiger partial charge in [0.05, 0.1) is 17.7 Å². The van der Waals surface area contributed by atoms with Crippen LogP contribution in [0.4, 0.5) is 5.69 Å². The molecule has 2 amide bonds. The minimum atomic E-state index is -3.99. The van der Waals surface area contributed by atoms with Crippen LogP contribution >= 0.6 is 0 Å². The van der Waals surface area contributed by atoms with E-state index in [1.165, 1.54) is 37.4 Å².